The van der Waals surface area contributed by atoms with Crippen molar-refractivity contribution in [3.8, 4) is 0 Å². The summed E-state index contributed by atoms with van der Waals surface area (Å²) in [7, 11) is 0. The van der Waals surface area contributed by atoms with E-state index in [1.807, 2.05) is 0 Å². The van der Waals surface area contributed by atoms with Gasteiger partial charge in [-0.15, -0.1) is 11.3 Å². The van der Waals surface area contributed by atoms with E-state index in [1.165, 1.54) is 4.88 Å². The predicted molar refractivity (Wildman–Crippen MR) is 84.6 cm³/mol. The summed E-state index contributed by atoms with van der Waals surface area (Å²) in [5.74, 6) is 0.222. The molecule has 1 N–H and O–H groups in total. The van der Waals surface area contributed by atoms with Crippen molar-refractivity contribution in [2.75, 3.05) is 26.3 Å². The number of thiophene rings is 1. The average Bonchev–Trinajstić information content (AvgIpc) is 2.91. The van der Waals surface area contributed by atoms with Crippen LogP contribution in [0.3, 0.4) is 0 Å². The van der Waals surface area contributed by atoms with Crippen LogP contribution in [0.2, 0.25) is 0 Å². The van der Waals surface area contributed by atoms with Crippen LogP contribution in [0.4, 0.5) is 0 Å². The van der Waals surface area contributed by atoms with Gasteiger partial charge in [0.05, 0.1) is 13.2 Å². The predicted octanol–water partition coefficient (Wildman–Crippen LogP) is 2.05. The van der Waals surface area contributed by atoms with Crippen molar-refractivity contribution in [3.63, 3.8) is 0 Å². The van der Waals surface area contributed by atoms with Gasteiger partial charge in [-0.25, -0.2) is 0 Å². The maximum Gasteiger partial charge on any atom is 0.240 e. The van der Waals surface area contributed by atoms with E-state index in [1.54, 1.807) is 11.3 Å². The first kappa shape index (κ1) is 15.0. The molecule has 3 rings (SSSR count). The topological polar surface area (TPSA) is 41.6 Å². The van der Waals surface area contributed by atoms with Gasteiger partial charge in [0, 0.05) is 30.4 Å². The second-order valence-corrected chi connectivity index (χ2v) is 7.17. The van der Waals surface area contributed by atoms with E-state index in [0.29, 0.717) is 0 Å². The Balaban J connectivity index is 1.59. The van der Waals surface area contributed by atoms with Gasteiger partial charge in [-0.2, -0.15) is 0 Å². The third kappa shape index (κ3) is 3.15. The molecule has 21 heavy (non-hydrogen) atoms. The van der Waals surface area contributed by atoms with Crippen molar-refractivity contribution < 1.29 is 9.53 Å². The Morgan fingerprint density at radius 1 is 1.48 bits per heavy atom. The van der Waals surface area contributed by atoms with Crippen molar-refractivity contribution in [1.82, 2.24) is 10.2 Å². The fraction of sp³-hybridized carbons (Fsp3) is 0.688. The number of carbonyl (C=O) groups excluding carboxylic acids is 1. The number of ether oxygens (including phenoxy) is 1. The zero-order valence-corrected chi connectivity index (χ0v) is 13.5. The molecule has 1 saturated heterocycles. The van der Waals surface area contributed by atoms with E-state index in [0.717, 1.165) is 52.0 Å². The molecule has 1 aromatic rings. The average molecular weight is 308 g/mol. The first-order valence-corrected chi connectivity index (χ1v) is 8.75. The Hall–Kier alpha value is -0.910. The van der Waals surface area contributed by atoms with E-state index < -0.39 is 0 Å². The highest BCUT2D eigenvalue weighted by atomic mass is 32.1. The van der Waals surface area contributed by atoms with Gasteiger partial charge < -0.3 is 10.1 Å². The quantitative estimate of drug-likeness (QED) is 0.905. The molecular weight excluding hydrogens is 284 g/mol. The third-order valence-electron chi connectivity index (χ3n) is 4.68. The number of rotatable bonds is 5. The summed E-state index contributed by atoms with van der Waals surface area (Å²) in [6.45, 7) is 5.36. The number of nitrogens with one attached hydrogen (secondary N) is 1. The molecule has 1 amide bonds. The molecule has 1 atom stereocenters. The first-order valence-electron chi connectivity index (χ1n) is 7.87. The number of nitrogens with zero attached hydrogens (tertiary/aromatic N) is 1. The number of amides is 1. The van der Waals surface area contributed by atoms with Gasteiger partial charge in [0.2, 0.25) is 5.91 Å². The van der Waals surface area contributed by atoms with Crippen LogP contribution in [0.1, 0.15) is 31.1 Å². The second kappa shape index (κ2) is 6.46. The lowest BCUT2D eigenvalue weighted by molar-refractivity contribution is -0.145. The number of hydrogen-bond acceptors (Lipinski definition) is 4. The molecule has 1 aliphatic heterocycles. The van der Waals surface area contributed by atoms with Gasteiger partial charge >= 0.3 is 0 Å². The number of morpholine rings is 1. The Morgan fingerprint density at radius 2 is 2.24 bits per heavy atom. The Kier molecular flexibility index (Phi) is 4.62. The second-order valence-electron chi connectivity index (χ2n) is 6.14. The molecule has 0 unspecified atom stereocenters. The number of hydrogen-bond donors (Lipinski definition) is 1. The molecule has 0 bridgehead atoms. The van der Waals surface area contributed by atoms with E-state index >= 15 is 0 Å². The summed E-state index contributed by atoms with van der Waals surface area (Å²) in [5.41, 5.74) is -0.256. The Morgan fingerprint density at radius 3 is 2.81 bits per heavy atom. The summed E-state index contributed by atoms with van der Waals surface area (Å²) in [5, 5.41) is 5.33. The normalized spacial score (nSPS) is 23.3. The van der Waals surface area contributed by atoms with E-state index in [4.69, 9.17) is 4.74 Å². The van der Waals surface area contributed by atoms with Gasteiger partial charge in [0.1, 0.15) is 5.54 Å². The minimum absolute atomic E-state index is 0.190. The summed E-state index contributed by atoms with van der Waals surface area (Å²) >= 11 is 1.76. The van der Waals surface area contributed by atoms with Crippen LogP contribution < -0.4 is 5.32 Å². The van der Waals surface area contributed by atoms with E-state index in [9.17, 15) is 4.79 Å². The molecule has 1 aliphatic carbocycles. The highest BCUT2D eigenvalue weighted by Gasteiger charge is 2.49. The lowest BCUT2D eigenvalue weighted by atomic mass is 9.74. The fourth-order valence-corrected chi connectivity index (χ4v) is 4.16. The summed E-state index contributed by atoms with van der Waals surface area (Å²) < 4.78 is 5.42. The molecule has 4 nitrogen and oxygen atoms in total. The van der Waals surface area contributed by atoms with Crippen LogP contribution >= 0.6 is 11.3 Å². The lowest BCUT2D eigenvalue weighted by Gasteiger charge is -2.50. The number of carbonyl (C=O) groups is 1. The molecule has 2 fully saturated rings. The van der Waals surface area contributed by atoms with Crippen LogP contribution in [-0.4, -0.2) is 48.7 Å². The zero-order valence-electron chi connectivity index (χ0n) is 12.6. The highest BCUT2D eigenvalue weighted by molar-refractivity contribution is 7.09. The monoisotopic (exact) mass is 308 g/mol. The van der Waals surface area contributed by atoms with Crippen molar-refractivity contribution in [2.45, 2.75) is 44.2 Å². The lowest BCUT2D eigenvalue weighted by Crippen LogP contribution is -2.65. The van der Waals surface area contributed by atoms with Crippen molar-refractivity contribution in [1.29, 1.82) is 0 Å². The minimum atomic E-state index is -0.256. The smallest absolute Gasteiger partial charge is 0.240 e. The summed E-state index contributed by atoms with van der Waals surface area (Å²) in [4.78, 5) is 16.5. The maximum atomic E-state index is 12.8. The SMILES string of the molecule is C[C@@H](Cc1cccs1)NC(=O)C1(N2CCOCC2)CCC1. The highest BCUT2D eigenvalue weighted by Crippen LogP contribution is 2.38. The standard InChI is InChI=1S/C16H24N2O2S/c1-13(12-14-4-2-11-21-14)17-15(19)16(5-3-6-16)18-7-9-20-10-8-18/h2,4,11,13H,3,5-10,12H2,1H3,(H,17,19)/t13-/m0/s1. The van der Waals surface area contributed by atoms with Crippen LogP contribution in [0.15, 0.2) is 17.5 Å². The Labute approximate surface area is 130 Å². The largest absolute Gasteiger partial charge is 0.379 e. The molecule has 2 aliphatic rings. The molecule has 1 saturated carbocycles. The van der Waals surface area contributed by atoms with Gasteiger partial charge in [-0.3, -0.25) is 9.69 Å². The summed E-state index contributed by atoms with van der Waals surface area (Å²) in [6.07, 6.45) is 4.06. The van der Waals surface area contributed by atoms with Crippen molar-refractivity contribution in [2.24, 2.45) is 0 Å². The molecule has 116 valence electrons. The molecule has 0 aromatic carbocycles. The fourth-order valence-electron chi connectivity index (χ4n) is 3.33. The minimum Gasteiger partial charge on any atom is -0.379 e. The van der Waals surface area contributed by atoms with Gasteiger partial charge in [0.15, 0.2) is 0 Å². The van der Waals surface area contributed by atoms with E-state index in [-0.39, 0.29) is 17.5 Å². The van der Waals surface area contributed by atoms with Gasteiger partial charge in [-0.05, 0) is 37.6 Å². The molecular formula is C16H24N2O2S. The van der Waals surface area contributed by atoms with Crippen molar-refractivity contribution >= 4 is 17.2 Å². The molecule has 2 heterocycles. The van der Waals surface area contributed by atoms with Gasteiger partial charge in [0.25, 0.3) is 0 Å². The van der Waals surface area contributed by atoms with Crippen LogP contribution in [0.25, 0.3) is 0 Å². The molecule has 5 heteroatoms. The van der Waals surface area contributed by atoms with Crippen LogP contribution in [0.5, 0.6) is 0 Å². The van der Waals surface area contributed by atoms with Crippen LogP contribution in [-0.2, 0) is 16.0 Å². The zero-order chi connectivity index (χ0) is 14.7. The summed E-state index contributed by atoms with van der Waals surface area (Å²) in [6, 6.07) is 4.39. The molecule has 0 radical (unpaired) electrons. The maximum absolute atomic E-state index is 12.8. The Bertz CT molecular complexity index is 465. The molecule has 0 spiro atoms. The first-order chi connectivity index (χ1) is 10.2. The van der Waals surface area contributed by atoms with E-state index in [2.05, 4.69) is 34.7 Å². The molecule has 1 aromatic heterocycles. The van der Waals surface area contributed by atoms with Crippen LogP contribution in [0, 0.1) is 0 Å². The van der Waals surface area contributed by atoms with Crippen molar-refractivity contribution in [3.05, 3.63) is 22.4 Å². The third-order valence-corrected chi connectivity index (χ3v) is 5.58. The van der Waals surface area contributed by atoms with Gasteiger partial charge in [-0.1, -0.05) is 6.07 Å².